The lowest BCUT2D eigenvalue weighted by atomic mass is 10.1. The summed E-state index contributed by atoms with van der Waals surface area (Å²) in [5.41, 5.74) is 2.66. The van der Waals surface area contributed by atoms with Crippen LogP contribution < -0.4 is 10.2 Å². The largest absolute Gasteiger partial charge is 0.387 e. The molecule has 0 aliphatic carbocycles. The number of aliphatic hydroxyl groups excluding tert-OH is 1. The number of rotatable bonds is 6. The summed E-state index contributed by atoms with van der Waals surface area (Å²) in [7, 11) is 1.64. The third-order valence-electron chi connectivity index (χ3n) is 5.27. The van der Waals surface area contributed by atoms with E-state index in [9.17, 15) is 14.7 Å². The summed E-state index contributed by atoms with van der Waals surface area (Å²) in [4.78, 5) is 33.1. The first-order valence-electron chi connectivity index (χ1n) is 10.1. The molecule has 1 aliphatic heterocycles. The van der Waals surface area contributed by atoms with Gasteiger partial charge in [-0.05, 0) is 17.2 Å². The number of carbonyl (C=O) groups is 2. The number of pyridine rings is 1. The molecule has 7 nitrogen and oxygen atoms in total. The molecule has 7 heteroatoms. The minimum Gasteiger partial charge on any atom is -0.387 e. The minimum atomic E-state index is -0.793. The topological polar surface area (TPSA) is 85.8 Å². The van der Waals surface area contributed by atoms with Crippen LogP contribution in [0.3, 0.4) is 0 Å². The number of nitrogens with zero attached hydrogens (tertiary/aromatic N) is 3. The van der Waals surface area contributed by atoms with Crippen LogP contribution in [0, 0.1) is 0 Å². The lowest BCUT2D eigenvalue weighted by molar-refractivity contribution is -0.117. The molecule has 0 fully saturated rings. The summed E-state index contributed by atoms with van der Waals surface area (Å²) in [6.45, 7) is 0.699. The monoisotopic (exact) mass is 416 g/mol. The van der Waals surface area contributed by atoms with Crippen molar-refractivity contribution in [2.24, 2.45) is 0 Å². The van der Waals surface area contributed by atoms with Gasteiger partial charge in [0, 0.05) is 13.2 Å². The van der Waals surface area contributed by atoms with E-state index < -0.39 is 6.10 Å². The molecule has 0 spiro atoms. The summed E-state index contributed by atoms with van der Waals surface area (Å²) >= 11 is 0. The Labute approximate surface area is 181 Å². The van der Waals surface area contributed by atoms with Gasteiger partial charge in [0.1, 0.15) is 0 Å². The molecule has 1 aromatic heterocycles. The van der Waals surface area contributed by atoms with Crippen LogP contribution in [0.15, 0.2) is 72.9 Å². The number of hydrogen-bond acceptors (Lipinski definition) is 5. The van der Waals surface area contributed by atoms with Gasteiger partial charge in [-0.25, -0.2) is 4.98 Å². The van der Waals surface area contributed by atoms with Crippen molar-refractivity contribution in [3.8, 4) is 0 Å². The van der Waals surface area contributed by atoms with Crippen LogP contribution in [0.25, 0.3) is 0 Å². The number of likely N-dealkylation sites (N-methyl/N-ethyl adjacent to an activating group) is 1. The quantitative estimate of drug-likeness (QED) is 0.645. The molecule has 0 bridgehead atoms. The van der Waals surface area contributed by atoms with Crippen molar-refractivity contribution in [3.63, 3.8) is 0 Å². The Morgan fingerprint density at radius 1 is 1.16 bits per heavy atom. The number of benzene rings is 2. The third-order valence-corrected chi connectivity index (χ3v) is 5.27. The Balaban J connectivity index is 1.54. The molecule has 3 aromatic rings. The number of anilines is 2. The normalized spacial score (nSPS) is 13.9. The fourth-order valence-corrected chi connectivity index (χ4v) is 3.58. The summed E-state index contributed by atoms with van der Waals surface area (Å²) in [6, 6.07) is 20.6. The van der Waals surface area contributed by atoms with Crippen molar-refractivity contribution in [1.82, 2.24) is 9.88 Å². The number of hydrogen-bond donors (Lipinski definition) is 2. The van der Waals surface area contributed by atoms with Crippen LogP contribution in [0.5, 0.6) is 0 Å². The van der Waals surface area contributed by atoms with E-state index in [1.807, 2.05) is 60.7 Å². The van der Waals surface area contributed by atoms with Crippen molar-refractivity contribution >= 4 is 23.3 Å². The highest BCUT2D eigenvalue weighted by Crippen LogP contribution is 2.30. The molecule has 1 unspecified atom stereocenters. The highest BCUT2D eigenvalue weighted by molar-refractivity contribution is 6.04. The Morgan fingerprint density at radius 2 is 1.84 bits per heavy atom. The molecular formula is C24H24N4O3. The van der Waals surface area contributed by atoms with Crippen molar-refractivity contribution < 1.29 is 14.7 Å². The van der Waals surface area contributed by atoms with Crippen LogP contribution in [-0.4, -0.2) is 46.9 Å². The Bertz CT molecular complexity index is 1070. The average Bonchev–Trinajstić information content (AvgIpc) is 2.81. The number of fused-ring (bicyclic) bond motifs is 1. The molecule has 2 amide bonds. The minimum absolute atomic E-state index is 0.0874. The molecular weight excluding hydrogens is 392 g/mol. The van der Waals surface area contributed by atoms with Crippen LogP contribution in [0.4, 0.5) is 11.5 Å². The smallest absolute Gasteiger partial charge is 0.255 e. The van der Waals surface area contributed by atoms with E-state index in [0.717, 1.165) is 11.1 Å². The summed E-state index contributed by atoms with van der Waals surface area (Å²) < 4.78 is 0. The number of aliphatic hydroxyl groups is 1. The predicted molar refractivity (Wildman–Crippen MR) is 119 cm³/mol. The van der Waals surface area contributed by atoms with Crippen LogP contribution in [0.2, 0.25) is 0 Å². The fourth-order valence-electron chi connectivity index (χ4n) is 3.58. The second-order valence-electron chi connectivity index (χ2n) is 7.52. The zero-order chi connectivity index (χ0) is 21.8. The highest BCUT2D eigenvalue weighted by atomic mass is 16.3. The maximum atomic E-state index is 13.0. The summed E-state index contributed by atoms with van der Waals surface area (Å²) in [6.07, 6.45) is 0.703. The maximum absolute atomic E-state index is 13.0. The molecule has 2 N–H and O–H groups in total. The van der Waals surface area contributed by atoms with Crippen molar-refractivity contribution in [2.75, 3.05) is 30.4 Å². The number of carbonyl (C=O) groups excluding carboxylic acids is 2. The molecule has 1 aliphatic rings. The molecule has 1 atom stereocenters. The van der Waals surface area contributed by atoms with Gasteiger partial charge >= 0.3 is 0 Å². The van der Waals surface area contributed by atoms with Gasteiger partial charge in [0.25, 0.3) is 5.91 Å². The van der Waals surface area contributed by atoms with E-state index in [-0.39, 0.29) is 24.9 Å². The van der Waals surface area contributed by atoms with Crippen molar-refractivity contribution in [2.45, 2.75) is 12.6 Å². The number of aromatic nitrogens is 1. The molecule has 158 valence electrons. The zero-order valence-electron chi connectivity index (χ0n) is 17.2. The number of amides is 2. The average molecular weight is 416 g/mol. The first-order valence-corrected chi connectivity index (χ1v) is 10.1. The number of nitrogens with one attached hydrogen (secondary N) is 1. The van der Waals surface area contributed by atoms with E-state index in [1.54, 1.807) is 18.0 Å². The first kappa shape index (κ1) is 20.6. The standard InChI is InChI=1S/C24H24N4O3/c1-27(16-21(29)18-10-6-3-7-11-18)24(31)19-12-20-23(25-13-19)26-14-22(30)28(20)15-17-8-4-2-5-9-17/h2-13,21,29H,14-16H2,1H3,(H,25,26). The predicted octanol–water partition coefficient (Wildman–Crippen LogP) is 2.85. The second kappa shape index (κ2) is 8.97. The van der Waals surface area contributed by atoms with Crippen molar-refractivity contribution in [3.05, 3.63) is 89.6 Å². The Hall–Kier alpha value is -3.71. The van der Waals surface area contributed by atoms with Crippen LogP contribution >= 0.6 is 0 Å². The molecule has 0 saturated carbocycles. The van der Waals surface area contributed by atoms with Gasteiger partial charge in [0.2, 0.25) is 5.91 Å². The van der Waals surface area contributed by atoms with Crippen LogP contribution in [0.1, 0.15) is 27.6 Å². The van der Waals surface area contributed by atoms with Crippen LogP contribution in [-0.2, 0) is 11.3 Å². The highest BCUT2D eigenvalue weighted by Gasteiger charge is 2.27. The summed E-state index contributed by atoms with van der Waals surface area (Å²) in [5.74, 6) is 0.206. The lowest BCUT2D eigenvalue weighted by Crippen LogP contribution is -2.40. The van der Waals surface area contributed by atoms with Gasteiger partial charge in [-0.1, -0.05) is 60.7 Å². The molecule has 2 aromatic carbocycles. The van der Waals surface area contributed by atoms with Gasteiger partial charge in [0.15, 0.2) is 5.82 Å². The van der Waals surface area contributed by atoms with Gasteiger partial charge in [-0.15, -0.1) is 0 Å². The Kier molecular flexibility index (Phi) is 5.95. The molecule has 2 heterocycles. The second-order valence-corrected chi connectivity index (χ2v) is 7.52. The molecule has 31 heavy (non-hydrogen) atoms. The Morgan fingerprint density at radius 3 is 2.55 bits per heavy atom. The molecule has 4 rings (SSSR count). The zero-order valence-corrected chi connectivity index (χ0v) is 17.2. The van der Waals surface area contributed by atoms with Gasteiger partial charge in [-0.2, -0.15) is 0 Å². The molecule has 0 radical (unpaired) electrons. The fraction of sp³-hybridized carbons (Fsp3) is 0.208. The molecule has 0 saturated heterocycles. The summed E-state index contributed by atoms with van der Waals surface area (Å²) in [5, 5.41) is 13.5. The van der Waals surface area contributed by atoms with Gasteiger partial charge in [-0.3, -0.25) is 9.59 Å². The lowest BCUT2D eigenvalue weighted by Gasteiger charge is -2.30. The third kappa shape index (κ3) is 4.57. The maximum Gasteiger partial charge on any atom is 0.255 e. The van der Waals surface area contributed by atoms with E-state index in [1.165, 1.54) is 11.1 Å². The SMILES string of the molecule is CN(CC(O)c1ccccc1)C(=O)c1cnc2c(c1)N(Cc1ccccc1)C(=O)CN2. The van der Waals surface area contributed by atoms with Crippen molar-refractivity contribution in [1.29, 1.82) is 0 Å². The first-order chi connectivity index (χ1) is 15.0. The van der Waals surface area contributed by atoms with E-state index in [4.69, 9.17) is 0 Å². The van der Waals surface area contributed by atoms with E-state index in [2.05, 4.69) is 10.3 Å². The van der Waals surface area contributed by atoms with E-state index in [0.29, 0.717) is 23.6 Å². The van der Waals surface area contributed by atoms with Gasteiger partial charge < -0.3 is 20.2 Å². The van der Waals surface area contributed by atoms with E-state index >= 15 is 0 Å². The van der Waals surface area contributed by atoms with Gasteiger partial charge in [0.05, 0.1) is 37.0 Å².